The zero-order chi connectivity index (χ0) is 22.2. The van der Waals surface area contributed by atoms with E-state index in [1.54, 1.807) is 11.1 Å². The number of rotatable bonds is 7. The largest absolute Gasteiger partial charge is 0.483 e. The molecule has 1 N–H and O–H groups in total. The number of ether oxygens (including phenoxy) is 2. The number of halogens is 1. The fraction of sp³-hybridized carbons (Fsp3) is 0.200. The number of hydrogen-bond acceptors (Lipinski definition) is 5. The van der Waals surface area contributed by atoms with Gasteiger partial charge in [-0.15, -0.1) is 0 Å². The maximum absolute atomic E-state index is 12.2. The molecule has 4 rings (SSSR count). The number of benzene rings is 3. The van der Waals surface area contributed by atoms with Crippen molar-refractivity contribution < 1.29 is 14.3 Å². The van der Waals surface area contributed by atoms with Crippen molar-refractivity contribution in [1.82, 2.24) is 4.90 Å². The predicted octanol–water partition coefficient (Wildman–Crippen LogP) is 5.18. The van der Waals surface area contributed by atoms with Gasteiger partial charge in [-0.3, -0.25) is 9.79 Å². The summed E-state index contributed by atoms with van der Waals surface area (Å²) in [6.45, 7) is 2.39. The number of para-hydroxylation sites is 1. The highest BCUT2D eigenvalue weighted by molar-refractivity contribution is 9.10. The Morgan fingerprint density at radius 1 is 1.03 bits per heavy atom. The second-order valence-electron chi connectivity index (χ2n) is 7.27. The molecule has 1 fully saturated rings. The monoisotopic (exact) mass is 493 g/mol. The minimum atomic E-state index is -0.0314. The zero-order valence-corrected chi connectivity index (χ0v) is 19.1. The lowest BCUT2D eigenvalue weighted by Gasteiger charge is -2.26. The van der Waals surface area contributed by atoms with Crippen molar-refractivity contribution in [2.24, 2.45) is 4.99 Å². The van der Waals surface area contributed by atoms with E-state index in [2.05, 4.69) is 26.2 Å². The Bertz CT molecular complexity index is 1070. The number of hydrogen-bond donors (Lipinski definition) is 1. The van der Waals surface area contributed by atoms with Crippen LogP contribution in [-0.2, 0) is 9.53 Å². The molecular weight excluding hydrogens is 470 g/mol. The van der Waals surface area contributed by atoms with Crippen molar-refractivity contribution in [2.75, 3.05) is 38.2 Å². The molecule has 0 radical (unpaired) electrons. The first-order valence-electron chi connectivity index (χ1n) is 10.4. The van der Waals surface area contributed by atoms with Crippen molar-refractivity contribution in [2.45, 2.75) is 0 Å². The topological polar surface area (TPSA) is 63.2 Å². The smallest absolute Gasteiger partial charge is 0.260 e. The number of nitrogens with zero attached hydrogens (tertiary/aromatic N) is 2. The maximum atomic E-state index is 12.2. The first-order chi connectivity index (χ1) is 15.7. The molecule has 7 heteroatoms. The molecule has 1 saturated heterocycles. The van der Waals surface area contributed by atoms with E-state index >= 15 is 0 Å². The average molecular weight is 494 g/mol. The average Bonchev–Trinajstić information content (AvgIpc) is 2.84. The van der Waals surface area contributed by atoms with Gasteiger partial charge in [-0.05, 0) is 76.1 Å². The van der Waals surface area contributed by atoms with Gasteiger partial charge in [0.05, 0.1) is 23.4 Å². The molecule has 0 aromatic heterocycles. The van der Waals surface area contributed by atoms with Gasteiger partial charge < -0.3 is 19.7 Å². The first kappa shape index (κ1) is 22.0. The Hall–Kier alpha value is -3.16. The third-order valence-electron chi connectivity index (χ3n) is 4.96. The zero-order valence-electron chi connectivity index (χ0n) is 17.5. The molecule has 1 heterocycles. The normalized spacial score (nSPS) is 13.8. The summed E-state index contributed by atoms with van der Waals surface area (Å²) < 4.78 is 11.7. The summed E-state index contributed by atoms with van der Waals surface area (Å²) in [6, 6.07) is 23.6. The fourth-order valence-electron chi connectivity index (χ4n) is 3.23. The van der Waals surface area contributed by atoms with Crippen LogP contribution >= 0.6 is 15.9 Å². The summed E-state index contributed by atoms with van der Waals surface area (Å²) >= 11 is 3.52. The Labute approximate surface area is 196 Å². The number of aliphatic imine (C=N–C) groups is 1. The van der Waals surface area contributed by atoms with Gasteiger partial charge in [0.2, 0.25) is 0 Å². The Morgan fingerprint density at radius 2 is 1.75 bits per heavy atom. The lowest BCUT2D eigenvalue weighted by molar-refractivity contribution is -0.137. The lowest BCUT2D eigenvalue weighted by Crippen LogP contribution is -2.43. The van der Waals surface area contributed by atoms with E-state index in [9.17, 15) is 4.79 Å². The standard InChI is InChI=1S/C25H24BrN3O3/c26-23-16-19(6-11-24(23)32-18-25(30)29-12-14-31-15-13-29)17-27-20-7-9-22(10-8-20)28-21-4-2-1-3-5-21/h1-11,16-17,28H,12-15,18H2. The molecule has 3 aromatic rings. The predicted molar refractivity (Wildman–Crippen MR) is 130 cm³/mol. The quantitative estimate of drug-likeness (QED) is 0.460. The summed E-state index contributed by atoms with van der Waals surface area (Å²) in [6.07, 6.45) is 1.80. The Balaban J connectivity index is 1.32. The van der Waals surface area contributed by atoms with Crippen molar-refractivity contribution in [3.05, 3.63) is 82.8 Å². The molecule has 1 aliphatic heterocycles. The number of morpholine rings is 1. The molecule has 0 saturated carbocycles. The van der Waals surface area contributed by atoms with Crippen molar-refractivity contribution in [1.29, 1.82) is 0 Å². The van der Waals surface area contributed by atoms with Crippen LogP contribution in [0.3, 0.4) is 0 Å². The van der Waals surface area contributed by atoms with Gasteiger partial charge in [-0.2, -0.15) is 0 Å². The van der Waals surface area contributed by atoms with E-state index in [4.69, 9.17) is 9.47 Å². The minimum Gasteiger partial charge on any atom is -0.483 e. The SMILES string of the molecule is O=C(COc1ccc(C=Nc2ccc(Nc3ccccc3)cc2)cc1Br)N1CCOCC1. The molecule has 1 aliphatic rings. The van der Waals surface area contributed by atoms with Gasteiger partial charge in [-0.25, -0.2) is 0 Å². The molecule has 0 spiro atoms. The maximum Gasteiger partial charge on any atom is 0.260 e. The highest BCUT2D eigenvalue weighted by Crippen LogP contribution is 2.26. The van der Waals surface area contributed by atoms with Crippen LogP contribution in [0.1, 0.15) is 5.56 Å². The van der Waals surface area contributed by atoms with E-state index in [0.717, 1.165) is 27.1 Å². The van der Waals surface area contributed by atoms with Gasteiger partial charge in [0.1, 0.15) is 5.75 Å². The lowest BCUT2D eigenvalue weighted by atomic mass is 10.2. The van der Waals surface area contributed by atoms with E-state index in [-0.39, 0.29) is 12.5 Å². The highest BCUT2D eigenvalue weighted by Gasteiger charge is 2.17. The number of amides is 1. The molecule has 32 heavy (non-hydrogen) atoms. The summed E-state index contributed by atoms with van der Waals surface area (Å²) in [4.78, 5) is 18.5. The van der Waals surface area contributed by atoms with Crippen LogP contribution < -0.4 is 10.1 Å². The number of carbonyl (C=O) groups excluding carboxylic acids is 1. The van der Waals surface area contributed by atoms with Crippen molar-refractivity contribution in [3.63, 3.8) is 0 Å². The summed E-state index contributed by atoms with van der Waals surface area (Å²) in [5, 5.41) is 3.35. The molecule has 0 aliphatic carbocycles. The summed E-state index contributed by atoms with van der Waals surface area (Å²) in [5.74, 6) is 0.594. The third kappa shape index (κ3) is 6.18. The van der Waals surface area contributed by atoms with Crippen LogP contribution in [0.2, 0.25) is 0 Å². The molecule has 1 amide bonds. The van der Waals surface area contributed by atoms with Crippen molar-refractivity contribution in [3.8, 4) is 5.75 Å². The van der Waals surface area contributed by atoms with Gasteiger partial charge >= 0.3 is 0 Å². The van der Waals surface area contributed by atoms with Crippen LogP contribution in [0, 0.1) is 0 Å². The molecule has 3 aromatic carbocycles. The van der Waals surface area contributed by atoms with Crippen LogP contribution in [0.25, 0.3) is 0 Å². The second-order valence-corrected chi connectivity index (χ2v) is 8.12. The van der Waals surface area contributed by atoms with Crippen molar-refractivity contribution >= 4 is 45.1 Å². The van der Waals surface area contributed by atoms with Gasteiger partial charge in [0.15, 0.2) is 6.61 Å². The molecule has 0 bridgehead atoms. The molecule has 164 valence electrons. The highest BCUT2D eigenvalue weighted by atomic mass is 79.9. The van der Waals surface area contributed by atoms with E-state index in [1.807, 2.05) is 72.8 Å². The van der Waals surface area contributed by atoms with Gasteiger partial charge in [0.25, 0.3) is 5.91 Å². The van der Waals surface area contributed by atoms with Crippen LogP contribution in [0.4, 0.5) is 17.1 Å². The molecule has 6 nitrogen and oxygen atoms in total. The summed E-state index contributed by atoms with van der Waals surface area (Å²) in [7, 11) is 0. The van der Waals surface area contributed by atoms with Crippen LogP contribution in [-0.4, -0.2) is 49.9 Å². The van der Waals surface area contributed by atoms with Gasteiger partial charge in [-0.1, -0.05) is 18.2 Å². The fourth-order valence-corrected chi connectivity index (χ4v) is 3.74. The number of carbonyl (C=O) groups is 1. The molecular formula is C25H24BrN3O3. The van der Waals surface area contributed by atoms with Crippen LogP contribution in [0.5, 0.6) is 5.75 Å². The first-order valence-corrected chi connectivity index (χ1v) is 11.2. The molecule has 0 atom stereocenters. The Kier molecular flexibility index (Phi) is 7.53. The van der Waals surface area contributed by atoms with E-state index in [1.165, 1.54) is 0 Å². The molecule has 0 unspecified atom stereocenters. The Morgan fingerprint density at radius 3 is 2.47 bits per heavy atom. The second kappa shape index (κ2) is 10.9. The van der Waals surface area contributed by atoms with Gasteiger partial charge in [0, 0.05) is 30.7 Å². The number of anilines is 2. The summed E-state index contributed by atoms with van der Waals surface area (Å²) in [5.41, 5.74) is 3.83. The number of nitrogens with one attached hydrogen (secondary N) is 1. The third-order valence-corrected chi connectivity index (χ3v) is 5.58. The van der Waals surface area contributed by atoms with Crippen LogP contribution in [0.15, 0.2) is 82.3 Å². The van der Waals surface area contributed by atoms with E-state index in [0.29, 0.717) is 32.1 Å². The minimum absolute atomic E-state index is 0.00933. The van der Waals surface area contributed by atoms with E-state index < -0.39 is 0 Å².